The van der Waals surface area contributed by atoms with Gasteiger partial charge in [0, 0.05) is 42.3 Å². The van der Waals surface area contributed by atoms with E-state index in [1.165, 1.54) is 5.56 Å². The Morgan fingerprint density at radius 2 is 2.19 bits per heavy atom. The van der Waals surface area contributed by atoms with Crippen LogP contribution in [0.1, 0.15) is 10.8 Å². The molecule has 84 valence electrons. The zero-order chi connectivity index (χ0) is 11.4. The van der Waals surface area contributed by atoms with E-state index in [2.05, 4.69) is 10.1 Å². The number of aromatic nitrogens is 3. The number of pyridine rings is 1. The first-order valence-electron chi connectivity index (χ1n) is 5.05. The van der Waals surface area contributed by atoms with Crippen LogP contribution in [0.2, 0.25) is 0 Å². The molecule has 0 aliphatic rings. The van der Waals surface area contributed by atoms with Crippen molar-refractivity contribution in [1.29, 1.82) is 0 Å². The van der Waals surface area contributed by atoms with E-state index in [4.69, 9.17) is 5.73 Å². The summed E-state index contributed by atoms with van der Waals surface area (Å²) in [5, 5.41) is 4.40. The van der Waals surface area contributed by atoms with E-state index in [0.717, 1.165) is 4.90 Å². The van der Waals surface area contributed by atoms with Crippen molar-refractivity contribution in [3.63, 3.8) is 0 Å². The molecule has 2 aromatic heterocycles. The highest BCUT2D eigenvalue weighted by Crippen LogP contribution is 2.33. The summed E-state index contributed by atoms with van der Waals surface area (Å²) in [5.74, 6) is 0. The minimum atomic E-state index is 0.257. The Morgan fingerprint density at radius 3 is 2.75 bits per heavy atom. The van der Waals surface area contributed by atoms with E-state index in [1.54, 1.807) is 28.8 Å². The lowest BCUT2D eigenvalue weighted by atomic mass is 10.2. The molecule has 2 heterocycles. The minimum Gasteiger partial charge on any atom is -0.329 e. The third-order valence-electron chi connectivity index (χ3n) is 2.25. The number of hydrogen-bond donors (Lipinski definition) is 1. The van der Waals surface area contributed by atoms with E-state index in [-0.39, 0.29) is 5.25 Å². The highest BCUT2D eigenvalue weighted by atomic mass is 32.2. The average Bonchev–Trinajstić information content (AvgIpc) is 2.73. The Morgan fingerprint density at radius 1 is 1.44 bits per heavy atom. The van der Waals surface area contributed by atoms with E-state index < -0.39 is 0 Å². The van der Waals surface area contributed by atoms with Crippen LogP contribution < -0.4 is 5.73 Å². The molecule has 2 N–H and O–H groups in total. The van der Waals surface area contributed by atoms with Gasteiger partial charge in [-0.3, -0.25) is 9.67 Å². The predicted molar refractivity (Wildman–Crippen MR) is 65.1 cm³/mol. The zero-order valence-corrected chi connectivity index (χ0v) is 9.89. The van der Waals surface area contributed by atoms with Gasteiger partial charge in [0.05, 0.1) is 6.20 Å². The lowest BCUT2D eigenvalue weighted by Gasteiger charge is -2.12. The van der Waals surface area contributed by atoms with Crippen LogP contribution in [0.25, 0.3) is 0 Å². The van der Waals surface area contributed by atoms with Crippen LogP contribution in [0.4, 0.5) is 0 Å². The van der Waals surface area contributed by atoms with Crippen LogP contribution in [0, 0.1) is 0 Å². The first-order chi connectivity index (χ1) is 7.79. The average molecular weight is 234 g/mol. The summed E-state index contributed by atoms with van der Waals surface area (Å²) in [5.41, 5.74) is 6.99. The van der Waals surface area contributed by atoms with Gasteiger partial charge in [-0.2, -0.15) is 5.10 Å². The maximum Gasteiger partial charge on any atom is 0.0626 e. The van der Waals surface area contributed by atoms with Gasteiger partial charge in [0.1, 0.15) is 0 Å². The first kappa shape index (κ1) is 11.2. The second-order valence-electron chi connectivity index (χ2n) is 3.47. The third kappa shape index (κ3) is 2.62. The van der Waals surface area contributed by atoms with Gasteiger partial charge in [0.15, 0.2) is 0 Å². The summed E-state index contributed by atoms with van der Waals surface area (Å²) in [6.45, 7) is 0.601. The van der Waals surface area contributed by atoms with Gasteiger partial charge in [0.25, 0.3) is 0 Å². The van der Waals surface area contributed by atoms with Crippen molar-refractivity contribution in [3.05, 3.63) is 42.5 Å². The number of thioether (sulfide) groups is 1. The van der Waals surface area contributed by atoms with Gasteiger partial charge >= 0.3 is 0 Å². The molecule has 0 aromatic carbocycles. The molecule has 16 heavy (non-hydrogen) atoms. The lowest BCUT2D eigenvalue weighted by molar-refractivity contribution is 0.766. The molecule has 1 unspecified atom stereocenters. The van der Waals surface area contributed by atoms with E-state index in [0.29, 0.717) is 6.54 Å². The van der Waals surface area contributed by atoms with Crippen LogP contribution >= 0.6 is 11.8 Å². The predicted octanol–water partition coefficient (Wildman–Crippen LogP) is 1.61. The fraction of sp³-hybridized carbons (Fsp3) is 0.273. The zero-order valence-electron chi connectivity index (χ0n) is 9.08. The Labute approximate surface area is 98.9 Å². The second kappa shape index (κ2) is 5.14. The first-order valence-corrected chi connectivity index (χ1v) is 5.93. The molecule has 5 heteroatoms. The van der Waals surface area contributed by atoms with Crippen LogP contribution in [0.5, 0.6) is 0 Å². The molecule has 0 saturated carbocycles. The highest BCUT2D eigenvalue weighted by molar-refractivity contribution is 7.99. The van der Waals surface area contributed by atoms with Crippen LogP contribution in [0.3, 0.4) is 0 Å². The van der Waals surface area contributed by atoms with Gasteiger partial charge in [-0.1, -0.05) is 0 Å². The molecule has 0 aliphatic carbocycles. The Kier molecular flexibility index (Phi) is 3.58. The smallest absolute Gasteiger partial charge is 0.0626 e. The molecule has 0 aliphatic heterocycles. The number of rotatable bonds is 4. The van der Waals surface area contributed by atoms with Crippen LogP contribution in [0.15, 0.2) is 41.8 Å². The minimum absolute atomic E-state index is 0.257. The Balaban J connectivity index is 2.12. The molecule has 0 fully saturated rings. The number of aryl methyl sites for hydroxylation is 1. The SMILES string of the molecule is Cn1cc(SC(CN)c2ccncc2)cn1. The van der Waals surface area contributed by atoms with Crippen LogP contribution in [-0.4, -0.2) is 21.3 Å². The largest absolute Gasteiger partial charge is 0.329 e. The Hall–Kier alpha value is -1.33. The molecule has 0 spiro atoms. The summed E-state index contributed by atoms with van der Waals surface area (Å²) in [6.07, 6.45) is 7.44. The van der Waals surface area contributed by atoms with Gasteiger partial charge < -0.3 is 5.73 Å². The quantitative estimate of drug-likeness (QED) is 0.816. The maximum absolute atomic E-state index is 5.79. The summed E-state index contributed by atoms with van der Waals surface area (Å²) < 4.78 is 1.79. The normalized spacial score (nSPS) is 12.6. The summed E-state index contributed by atoms with van der Waals surface area (Å²) >= 11 is 1.73. The third-order valence-corrected chi connectivity index (χ3v) is 3.48. The van der Waals surface area contributed by atoms with Crippen molar-refractivity contribution in [3.8, 4) is 0 Å². The molecule has 2 aromatic rings. The molecular formula is C11H14N4S. The molecular weight excluding hydrogens is 220 g/mol. The van der Waals surface area contributed by atoms with E-state index in [1.807, 2.05) is 31.6 Å². The number of hydrogen-bond acceptors (Lipinski definition) is 4. The van der Waals surface area contributed by atoms with Crippen molar-refractivity contribution >= 4 is 11.8 Å². The monoisotopic (exact) mass is 234 g/mol. The number of nitrogens with zero attached hydrogens (tertiary/aromatic N) is 3. The molecule has 0 amide bonds. The standard InChI is InChI=1S/C11H14N4S/c1-15-8-10(7-14-15)16-11(6-12)9-2-4-13-5-3-9/h2-5,7-8,11H,6,12H2,1H3. The lowest BCUT2D eigenvalue weighted by Crippen LogP contribution is -2.09. The summed E-state index contributed by atoms with van der Waals surface area (Å²) in [7, 11) is 1.91. The highest BCUT2D eigenvalue weighted by Gasteiger charge is 2.11. The van der Waals surface area contributed by atoms with Crippen LogP contribution in [-0.2, 0) is 7.05 Å². The van der Waals surface area contributed by atoms with Gasteiger partial charge in [-0.05, 0) is 17.7 Å². The van der Waals surface area contributed by atoms with Crippen molar-refractivity contribution < 1.29 is 0 Å². The number of nitrogens with two attached hydrogens (primary N) is 1. The van der Waals surface area contributed by atoms with Gasteiger partial charge in [-0.15, -0.1) is 11.8 Å². The molecule has 0 saturated heterocycles. The van der Waals surface area contributed by atoms with Gasteiger partial charge in [-0.25, -0.2) is 0 Å². The van der Waals surface area contributed by atoms with Crippen molar-refractivity contribution in [2.45, 2.75) is 10.1 Å². The van der Waals surface area contributed by atoms with Crippen molar-refractivity contribution in [2.75, 3.05) is 6.54 Å². The fourth-order valence-electron chi connectivity index (χ4n) is 1.45. The maximum atomic E-state index is 5.79. The van der Waals surface area contributed by atoms with E-state index in [9.17, 15) is 0 Å². The van der Waals surface area contributed by atoms with E-state index >= 15 is 0 Å². The van der Waals surface area contributed by atoms with Crippen molar-refractivity contribution in [2.24, 2.45) is 12.8 Å². The summed E-state index contributed by atoms with van der Waals surface area (Å²) in [6, 6.07) is 4.00. The fourth-order valence-corrected chi connectivity index (χ4v) is 2.49. The van der Waals surface area contributed by atoms with Gasteiger partial charge in [0.2, 0.25) is 0 Å². The summed E-state index contributed by atoms with van der Waals surface area (Å²) in [4.78, 5) is 5.14. The second-order valence-corrected chi connectivity index (χ2v) is 4.75. The molecule has 1 atom stereocenters. The molecule has 0 bridgehead atoms. The molecule has 4 nitrogen and oxygen atoms in total. The Bertz CT molecular complexity index is 440. The topological polar surface area (TPSA) is 56.7 Å². The molecule has 0 radical (unpaired) electrons. The molecule has 2 rings (SSSR count). The van der Waals surface area contributed by atoms with Crippen molar-refractivity contribution in [1.82, 2.24) is 14.8 Å².